The van der Waals surface area contributed by atoms with Gasteiger partial charge in [0.05, 0.1) is 5.01 Å². The van der Waals surface area contributed by atoms with E-state index in [1.165, 1.54) is 30.6 Å². The van der Waals surface area contributed by atoms with Crippen LogP contribution in [0.15, 0.2) is 5.38 Å². The minimum absolute atomic E-state index is 0.0552. The van der Waals surface area contributed by atoms with E-state index >= 15 is 0 Å². The molecule has 0 N–H and O–H groups in total. The number of fused-ring (bicyclic) bond motifs is 1. The average Bonchev–Trinajstić information content (AvgIpc) is 3.14. The van der Waals surface area contributed by atoms with Crippen molar-refractivity contribution in [3.8, 4) is 0 Å². The number of nitrogens with zero attached hydrogens (tertiary/aromatic N) is 5. The first kappa shape index (κ1) is 15.7. The second-order valence-corrected chi connectivity index (χ2v) is 7.84. The summed E-state index contributed by atoms with van der Waals surface area (Å²) in [6, 6.07) is 0. The van der Waals surface area contributed by atoms with Crippen LogP contribution in [0, 0.1) is 6.92 Å². The Morgan fingerprint density at radius 1 is 1.21 bits per heavy atom. The van der Waals surface area contributed by atoms with E-state index < -0.39 is 0 Å². The fourth-order valence-electron chi connectivity index (χ4n) is 3.81. The Morgan fingerprint density at radius 3 is 2.96 bits per heavy atom. The highest BCUT2D eigenvalue weighted by Gasteiger charge is 2.30. The third kappa shape index (κ3) is 2.97. The van der Waals surface area contributed by atoms with Crippen molar-refractivity contribution in [2.45, 2.75) is 57.9 Å². The molecular weight excluding hydrogens is 322 g/mol. The highest BCUT2D eigenvalue weighted by molar-refractivity contribution is 7.09. The number of thiazole rings is 1. The van der Waals surface area contributed by atoms with E-state index in [9.17, 15) is 4.79 Å². The standard InChI is InChI=1S/C17H23N5OS/c1-12-18-14(11-24-12)17(23)21-8-5-6-13(10-21)16-20-19-15-7-3-2-4-9-22(15)16/h11,13H,2-10H2,1H3. The number of aromatic nitrogens is 4. The van der Waals surface area contributed by atoms with Crippen LogP contribution < -0.4 is 0 Å². The van der Waals surface area contributed by atoms with Gasteiger partial charge in [0, 0.05) is 37.4 Å². The Hall–Kier alpha value is -1.76. The van der Waals surface area contributed by atoms with Crippen LogP contribution in [-0.4, -0.2) is 43.6 Å². The number of piperidine rings is 1. The molecule has 6 nitrogen and oxygen atoms in total. The lowest BCUT2D eigenvalue weighted by atomic mass is 9.96. The van der Waals surface area contributed by atoms with Gasteiger partial charge in [0.25, 0.3) is 5.91 Å². The summed E-state index contributed by atoms with van der Waals surface area (Å²) in [4.78, 5) is 19.0. The van der Waals surface area contributed by atoms with Crippen LogP contribution >= 0.6 is 11.3 Å². The quantitative estimate of drug-likeness (QED) is 0.839. The zero-order valence-electron chi connectivity index (χ0n) is 14.1. The summed E-state index contributed by atoms with van der Waals surface area (Å²) in [6.07, 6.45) is 6.80. The van der Waals surface area contributed by atoms with Gasteiger partial charge in [-0.3, -0.25) is 4.79 Å². The number of amides is 1. The van der Waals surface area contributed by atoms with E-state index in [1.54, 1.807) is 0 Å². The van der Waals surface area contributed by atoms with Crippen LogP contribution in [0.4, 0.5) is 0 Å². The number of likely N-dealkylation sites (tertiary alicyclic amines) is 1. The number of hydrogen-bond acceptors (Lipinski definition) is 5. The maximum absolute atomic E-state index is 12.7. The summed E-state index contributed by atoms with van der Waals surface area (Å²) in [5.74, 6) is 2.56. The van der Waals surface area contributed by atoms with Crippen LogP contribution in [0.2, 0.25) is 0 Å². The van der Waals surface area contributed by atoms with E-state index in [-0.39, 0.29) is 5.91 Å². The Bertz CT molecular complexity index is 737. The van der Waals surface area contributed by atoms with Crippen molar-refractivity contribution in [1.82, 2.24) is 24.6 Å². The molecular formula is C17H23N5OS. The van der Waals surface area contributed by atoms with E-state index in [0.717, 1.165) is 55.6 Å². The van der Waals surface area contributed by atoms with Gasteiger partial charge in [-0.25, -0.2) is 4.98 Å². The van der Waals surface area contributed by atoms with Gasteiger partial charge < -0.3 is 9.47 Å². The highest BCUT2D eigenvalue weighted by Crippen LogP contribution is 2.28. The first-order chi connectivity index (χ1) is 11.7. The van der Waals surface area contributed by atoms with Crippen LogP contribution in [0.1, 0.15) is 65.2 Å². The van der Waals surface area contributed by atoms with Crippen molar-refractivity contribution in [1.29, 1.82) is 0 Å². The third-order valence-electron chi connectivity index (χ3n) is 5.05. The topological polar surface area (TPSA) is 63.9 Å². The molecule has 24 heavy (non-hydrogen) atoms. The molecule has 0 aliphatic carbocycles. The Balaban J connectivity index is 1.53. The fraction of sp³-hybridized carbons (Fsp3) is 0.647. The van der Waals surface area contributed by atoms with Crippen molar-refractivity contribution in [3.63, 3.8) is 0 Å². The lowest BCUT2D eigenvalue weighted by Crippen LogP contribution is -2.40. The molecule has 4 rings (SSSR count). The Labute approximate surface area is 145 Å². The molecule has 1 unspecified atom stereocenters. The zero-order valence-corrected chi connectivity index (χ0v) is 14.9. The molecule has 1 atom stereocenters. The maximum Gasteiger partial charge on any atom is 0.273 e. The van der Waals surface area contributed by atoms with Gasteiger partial charge >= 0.3 is 0 Å². The van der Waals surface area contributed by atoms with Crippen LogP contribution in [-0.2, 0) is 13.0 Å². The van der Waals surface area contributed by atoms with Gasteiger partial charge in [-0.2, -0.15) is 0 Å². The monoisotopic (exact) mass is 345 g/mol. The minimum Gasteiger partial charge on any atom is -0.337 e. The van der Waals surface area contributed by atoms with Crippen LogP contribution in [0.3, 0.4) is 0 Å². The van der Waals surface area contributed by atoms with E-state index in [2.05, 4.69) is 19.7 Å². The van der Waals surface area contributed by atoms with Gasteiger partial charge in [0.1, 0.15) is 17.3 Å². The molecule has 2 aromatic rings. The van der Waals surface area contributed by atoms with Gasteiger partial charge in [0.15, 0.2) is 0 Å². The molecule has 4 heterocycles. The SMILES string of the molecule is Cc1nc(C(=O)N2CCCC(c3nnc4n3CCCCC4)C2)cs1. The Kier molecular flexibility index (Phi) is 4.35. The number of hydrogen-bond donors (Lipinski definition) is 0. The van der Waals surface area contributed by atoms with E-state index in [1.807, 2.05) is 17.2 Å². The molecule has 2 aliphatic heterocycles. The predicted molar refractivity (Wildman–Crippen MR) is 92.3 cm³/mol. The highest BCUT2D eigenvalue weighted by atomic mass is 32.1. The largest absolute Gasteiger partial charge is 0.337 e. The zero-order chi connectivity index (χ0) is 16.5. The molecule has 1 amide bonds. The summed E-state index contributed by atoms with van der Waals surface area (Å²) in [5, 5.41) is 11.7. The van der Waals surface area contributed by atoms with Gasteiger partial charge in [-0.05, 0) is 32.6 Å². The van der Waals surface area contributed by atoms with Gasteiger partial charge in [-0.1, -0.05) is 6.42 Å². The van der Waals surface area contributed by atoms with Crippen LogP contribution in [0.25, 0.3) is 0 Å². The second kappa shape index (κ2) is 6.63. The number of carbonyl (C=O) groups is 1. The minimum atomic E-state index is 0.0552. The molecule has 128 valence electrons. The van der Waals surface area contributed by atoms with Crippen molar-refractivity contribution in [2.24, 2.45) is 0 Å². The summed E-state index contributed by atoms with van der Waals surface area (Å²) in [7, 11) is 0. The predicted octanol–water partition coefficient (Wildman–Crippen LogP) is 2.79. The fourth-order valence-corrected chi connectivity index (χ4v) is 4.39. The lowest BCUT2D eigenvalue weighted by Gasteiger charge is -2.32. The first-order valence-electron chi connectivity index (χ1n) is 8.86. The Morgan fingerprint density at radius 2 is 2.12 bits per heavy atom. The smallest absolute Gasteiger partial charge is 0.273 e. The first-order valence-corrected chi connectivity index (χ1v) is 9.73. The molecule has 0 spiro atoms. The van der Waals surface area contributed by atoms with Gasteiger partial charge in [-0.15, -0.1) is 21.5 Å². The molecule has 2 aliphatic rings. The summed E-state index contributed by atoms with van der Waals surface area (Å²) in [5.41, 5.74) is 0.582. The van der Waals surface area contributed by atoms with Crippen LogP contribution in [0.5, 0.6) is 0 Å². The van der Waals surface area contributed by atoms with Crippen molar-refractivity contribution in [3.05, 3.63) is 27.7 Å². The lowest BCUT2D eigenvalue weighted by molar-refractivity contribution is 0.0698. The normalized spacial score (nSPS) is 21.4. The summed E-state index contributed by atoms with van der Waals surface area (Å²) in [6.45, 7) is 4.50. The maximum atomic E-state index is 12.7. The number of rotatable bonds is 2. The number of carbonyl (C=O) groups excluding carboxylic acids is 1. The van der Waals surface area contributed by atoms with E-state index in [0.29, 0.717) is 11.6 Å². The molecule has 0 radical (unpaired) electrons. The molecule has 1 saturated heterocycles. The molecule has 0 bridgehead atoms. The molecule has 1 fully saturated rings. The summed E-state index contributed by atoms with van der Waals surface area (Å²) < 4.78 is 2.32. The molecule has 0 saturated carbocycles. The molecule has 0 aromatic carbocycles. The summed E-state index contributed by atoms with van der Waals surface area (Å²) >= 11 is 1.53. The molecule has 2 aromatic heterocycles. The number of aryl methyl sites for hydroxylation is 2. The van der Waals surface area contributed by atoms with Crippen molar-refractivity contribution in [2.75, 3.05) is 13.1 Å². The van der Waals surface area contributed by atoms with Crippen molar-refractivity contribution < 1.29 is 4.79 Å². The van der Waals surface area contributed by atoms with E-state index in [4.69, 9.17) is 0 Å². The third-order valence-corrected chi connectivity index (χ3v) is 5.82. The average molecular weight is 345 g/mol. The van der Waals surface area contributed by atoms with Crippen molar-refractivity contribution >= 4 is 17.2 Å². The molecule has 7 heteroatoms. The van der Waals surface area contributed by atoms with Gasteiger partial charge in [0.2, 0.25) is 0 Å². The second-order valence-electron chi connectivity index (χ2n) is 6.78.